The van der Waals surface area contributed by atoms with Crippen molar-refractivity contribution in [2.45, 2.75) is 19.8 Å². The van der Waals surface area contributed by atoms with E-state index < -0.39 is 4.92 Å². The number of hydrogen-bond acceptors (Lipinski definition) is 6. The summed E-state index contributed by atoms with van der Waals surface area (Å²) in [7, 11) is 0. The number of non-ortho nitro benzene ring substituents is 1. The fourth-order valence-electron chi connectivity index (χ4n) is 4.48. The van der Waals surface area contributed by atoms with E-state index in [4.69, 9.17) is 0 Å². The van der Waals surface area contributed by atoms with E-state index in [-0.39, 0.29) is 17.5 Å². The minimum absolute atomic E-state index is 0.0551. The topological polar surface area (TPSA) is 142 Å². The van der Waals surface area contributed by atoms with Crippen LogP contribution in [0.4, 0.5) is 17.1 Å². The summed E-state index contributed by atoms with van der Waals surface area (Å²) < 4.78 is 0. The molecule has 2 amide bonds. The average Bonchev–Trinajstić information content (AvgIpc) is 3.58. The fourth-order valence-corrected chi connectivity index (χ4v) is 4.48. The Hall–Kier alpha value is -5.25. The van der Waals surface area contributed by atoms with Gasteiger partial charge in [0, 0.05) is 54.3 Å². The number of H-pyrrole nitrogens is 1. The lowest BCUT2D eigenvalue weighted by atomic mass is 9.98. The first-order valence-electron chi connectivity index (χ1n) is 12.4. The van der Waals surface area contributed by atoms with E-state index in [1.54, 1.807) is 18.6 Å². The zero-order valence-electron chi connectivity index (χ0n) is 21.2. The first-order chi connectivity index (χ1) is 18.9. The smallest absolute Gasteiger partial charge is 0.270 e. The molecule has 1 aliphatic heterocycles. The zero-order valence-corrected chi connectivity index (χ0v) is 21.2. The highest BCUT2D eigenvalue weighted by Crippen LogP contribution is 2.39. The maximum atomic E-state index is 13.2. The highest BCUT2D eigenvalue weighted by molar-refractivity contribution is 6.37. The van der Waals surface area contributed by atoms with Gasteiger partial charge in [-0.25, -0.2) is 4.98 Å². The number of hydrogen-bond donors (Lipinski definition) is 4. The SMILES string of the molecule is CC(=O)NCCCc1ccc(C(Nc2ccc(-c3c[nH]cn3)cc2)=C2C(=O)Nc3ccc([N+](=O)[O-])cc32)cc1. The van der Waals surface area contributed by atoms with Gasteiger partial charge < -0.3 is 20.9 Å². The van der Waals surface area contributed by atoms with E-state index in [2.05, 4.69) is 25.9 Å². The number of fused-ring (bicyclic) bond motifs is 1. The number of imidazole rings is 1. The van der Waals surface area contributed by atoms with Crippen LogP contribution in [0.5, 0.6) is 0 Å². The van der Waals surface area contributed by atoms with Gasteiger partial charge in [0.2, 0.25) is 5.91 Å². The molecule has 0 atom stereocenters. The minimum Gasteiger partial charge on any atom is -0.356 e. The molecule has 0 fully saturated rings. The van der Waals surface area contributed by atoms with E-state index in [1.165, 1.54) is 19.1 Å². The first-order valence-corrected chi connectivity index (χ1v) is 12.4. The monoisotopic (exact) mass is 522 g/mol. The zero-order chi connectivity index (χ0) is 27.4. The molecule has 0 aliphatic carbocycles. The normalized spacial score (nSPS) is 13.4. The maximum Gasteiger partial charge on any atom is 0.270 e. The quantitative estimate of drug-likeness (QED) is 0.106. The standard InChI is InChI=1S/C29H26N6O4/c1-18(36)31-14-2-3-19-4-6-21(7-5-19)28(33-22-10-8-20(9-11-22)26-16-30-17-32-26)27-24-15-23(35(38)39)12-13-25(24)34-29(27)37/h4-13,15-17,33H,2-3,14H2,1H3,(H,30,32)(H,31,36)(H,34,37). The Morgan fingerprint density at radius 2 is 1.82 bits per heavy atom. The molecule has 4 N–H and O–H groups in total. The summed E-state index contributed by atoms with van der Waals surface area (Å²) in [5.74, 6) is -0.402. The van der Waals surface area contributed by atoms with Crippen LogP contribution in [-0.4, -0.2) is 33.3 Å². The molecule has 1 aliphatic rings. The molecular formula is C29H26N6O4. The number of amides is 2. The van der Waals surface area contributed by atoms with Crippen LogP contribution in [0.1, 0.15) is 30.0 Å². The number of aromatic amines is 1. The van der Waals surface area contributed by atoms with Crippen molar-refractivity contribution >= 4 is 40.1 Å². The molecular weight excluding hydrogens is 496 g/mol. The lowest BCUT2D eigenvalue weighted by Crippen LogP contribution is -2.21. The van der Waals surface area contributed by atoms with Crippen LogP contribution in [0.3, 0.4) is 0 Å². The Labute approximate surface area is 224 Å². The van der Waals surface area contributed by atoms with Crippen molar-refractivity contribution in [3.63, 3.8) is 0 Å². The Morgan fingerprint density at radius 1 is 1.05 bits per heavy atom. The van der Waals surface area contributed by atoms with Crippen LogP contribution >= 0.6 is 0 Å². The third-order valence-electron chi connectivity index (χ3n) is 6.42. The number of anilines is 2. The number of nitrogens with one attached hydrogen (secondary N) is 4. The molecule has 4 aromatic rings. The van der Waals surface area contributed by atoms with Gasteiger partial charge in [-0.2, -0.15) is 0 Å². The number of rotatable bonds is 9. The second-order valence-corrected chi connectivity index (χ2v) is 9.13. The highest BCUT2D eigenvalue weighted by atomic mass is 16.6. The van der Waals surface area contributed by atoms with E-state index in [0.717, 1.165) is 40.9 Å². The van der Waals surface area contributed by atoms with Crippen molar-refractivity contribution in [3.8, 4) is 11.3 Å². The number of nitro benzene ring substituents is 1. The van der Waals surface area contributed by atoms with Crippen molar-refractivity contribution in [3.05, 3.63) is 106 Å². The maximum absolute atomic E-state index is 13.2. The molecule has 0 saturated heterocycles. The van der Waals surface area contributed by atoms with Crippen molar-refractivity contribution in [2.24, 2.45) is 0 Å². The lowest BCUT2D eigenvalue weighted by molar-refractivity contribution is -0.384. The summed E-state index contributed by atoms with van der Waals surface area (Å²) >= 11 is 0. The van der Waals surface area contributed by atoms with E-state index in [0.29, 0.717) is 29.1 Å². The van der Waals surface area contributed by atoms with Crippen LogP contribution in [0.2, 0.25) is 0 Å². The third-order valence-corrected chi connectivity index (χ3v) is 6.42. The summed E-state index contributed by atoms with van der Waals surface area (Å²) in [5, 5.41) is 20.5. The van der Waals surface area contributed by atoms with E-state index >= 15 is 0 Å². The van der Waals surface area contributed by atoms with Crippen LogP contribution in [0.25, 0.3) is 22.5 Å². The van der Waals surface area contributed by atoms with Crippen molar-refractivity contribution in [2.75, 3.05) is 17.2 Å². The van der Waals surface area contributed by atoms with Gasteiger partial charge in [0.15, 0.2) is 0 Å². The van der Waals surface area contributed by atoms with Gasteiger partial charge in [-0.3, -0.25) is 19.7 Å². The van der Waals surface area contributed by atoms with E-state index in [1.807, 2.05) is 48.5 Å². The minimum atomic E-state index is -0.475. The molecule has 5 rings (SSSR count). The number of benzene rings is 3. The van der Waals surface area contributed by atoms with Crippen LogP contribution in [0.15, 0.2) is 79.3 Å². The Bertz CT molecular complexity index is 1560. The third kappa shape index (κ3) is 5.69. The first kappa shape index (κ1) is 25.4. The van der Waals surface area contributed by atoms with Crippen molar-refractivity contribution < 1.29 is 14.5 Å². The Balaban J connectivity index is 1.51. The van der Waals surface area contributed by atoms with Crippen LogP contribution < -0.4 is 16.0 Å². The van der Waals surface area contributed by atoms with Crippen molar-refractivity contribution in [1.29, 1.82) is 0 Å². The van der Waals surface area contributed by atoms with Crippen LogP contribution in [-0.2, 0) is 16.0 Å². The van der Waals surface area contributed by atoms with Crippen LogP contribution in [0, 0.1) is 10.1 Å². The van der Waals surface area contributed by atoms with Gasteiger partial charge in [0.25, 0.3) is 11.6 Å². The number of nitrogens with zero attached hydrogens (tertiary/aromatic N) is 2. The predicted octanol–water partition coefficient (Wildman–Crippen LogP) is 4.99. The molecule has 0 saturated carbocycles. The molecule has 2 heterocycles. The molecule has 10 nitrogen and oxygen atoms in total. The number of nitro groups is 1. The molecule has 10 heteroatoms. The molecule has 0 bridgehead atoms. The van der Waals surface area contributed by atoms with Crippen molar-refractivity contribution in [1.82, 2.24) is 15.3 Å². The number of aryl methyl sites for hydroxylation is 1. The summed E-state index contributed by atoms with van der Waals surface area (Å²) in [6, 6.07) is 19.8. The summed E-state index contributed by atoms with van der Waals surface area (Å²) in [4.78, 5) is 42.5. The van der Waals surface area contributed by atoms with Gasteiger partial charge in [-0.05, 0) is 42.2 Å². The number of carbonyl (C=O) groups is 2. The number of carbonyl (C=O) groups excluding carboxylic acids is 2. The molecule has 0 spiro atoms. The second-order valence-electron chi connectivity index (χ2n) is 9.13. The molecule has 3 aromatic carbocycles. The molecule has 1 aromatic heterocycles. The number of aromatic nitrogens is 2. The Morgan fingerprint density at radius 3 is 2.49 bits per heavy atom. The summed E-state index contributed by atoms with van der Waals surface area (Å²) in [6.07, 6.45) is 5.00. The average molecular weight is 523 g/mol. The molecule has 196 valence electrons. The molecule has 0 radical (unpaired) electrons. The largest absolute Gasteiger partial charge is 0.356 e. The second kappa shape index (κ2) is 11.0. The predicted molar refractivity (Wildman–Crippen MR) is 150 cm³/mol. The van der Waals surface area contributed by atoms with Gasteiger partial charge in [0.05, 0.1) is 28.2 Å². The summed E-state index contributed by atoms with van der Waals surface area (Å²) in [6.45, 7) is 2.09. The van der Waals surface area contributed by atoms with Gasteiger partial charge in [0.1, 0.15) is 0 Å². The Kier molecular flexibility index (Phi) is 7.17. The van der Waals surface area contributed by atoms with E-state index in [9.17, 15) is 19.7 Å². The summed E-state index contributed by atoms with van der Waals surface area (Å²) in [5.41, 5.74) is 6.05. The fraction of sp³-hybridized carbons (Fsp3) is 0.138. The highest BCUT2D eigenvalue weighted by Gasteiger charge is 2.30. The van der Waals surface area contributed by atoms with Gasteiger partial charge in [-0.1, -0.05) is 36.4 Å². The van der Waals surface area contributed by atoms with Gasteiger partial charge in [-0.15, -0.1) is 0 Å². The van der Waals surface area contributed by atoms with Gasteiger partial charge >= 0.3 is 0 Å². The molecule has 39 heavy (non-hydrogen) atoms. The molecule has 0 unspecified atom stereocenters. The lowest BCUT2D eigenvalue weighted by Gasteiger charge is -2.16.